The zero-order chi connectivity index (χ0) is 27.0. The number of fused-ring (bicyclic) bond motifs is 4. The smallest absolute Gasteiger partial charge is 0.408 e. The van der Waals surface area contributed by atoms with Gasteiger partial charge in [0.1, 0.15) is 17.2 Å². The number of rotatable bonds is 5. The Morgan fingerprint density at radius 1 is 1.11 bits per heavy atom. The number of amides is 1. The standard InChI is InChI=1S/C29H29ClN2O6/c1-29(2,3)38-28(35)32-23(12-16-15-31-22-11-7-6-8-17(16)22)27(34)37-25-14-24-20(13-21(25)30)18-9-4-5-10-19(18)26(33)36-24/h6-8,11,13-15,23,31H,4-5,9-10,12H2,1-3H3,(H,32,35)/t23-/m0/s1. The van der Waals surface area contributed by atoms with Crippen LogP contribution in [0.15, 0.2) is 51.8 Å². The SMILES string of the molecule is CC(C)(C)OC(=O)N[C@@H](Cc1c[nH]c2ccccc12)C(=O)Oc1cc2oc(=O)c3c(c2cc1Cl)CCCC3. The van der Waals surface area contributed by atoms with E-state index >= 15 is 0 Å². The Bertz CT molecular complexity index is 1600. The lowest BCUT2D eigenvalue weighted by Gasteiger charge is -2.23. The molecule has 2 heterocycles. The lowest BCUT2D eigenvalue weighted by molar-refractivity contribution is -0.136. The van der Waals surface area contributed by atoms with E-state index in [9.17, 15) is 14.4 Å². The Balaban J connectivity index is 1.45. The number of para-hydroxylation sites is 1. The number of aromatic nitrogens is 1. The number of aryl methyl sites for hydroxylation is 1. The highest BCUT2D eigenvalue weighted by atomic mass is 35.5. The molecule has 2 aromatic carbocycles. The number of carbonyl (C=O) groups excluding carboxylic acids is 2. The zero-order valence-corrected chi connectivity index (χ0v) is 22.2. The van der Waals surface area contributed by atoms with Crippen molar-refractivity contribution >= 4 is 45.5 Å². The normalized spacial score (nSPS) is 14.2. The van der Waals surface area contributed by atoms with Crippen LogP contribution in [0.3, 0.4) is 0 Å². The first-order valence-corrected chi connectivity index (χ1v) is 13.0. The molecule has 1 aliphatic carbocycles. The predicted molar refractivity (Wildman–Crippen MR) is 145 cm³/mol. The molecule has 0 saturated heterocycles. The lowest BCUT2D eigenvalue weighted by atomic mass is 9.90. The topological polar surface area (TPSA) is 111 Å². The number of esters is 1. The number of H-pyrrole nitrogens is 1. The first-order valence-electron chi connectivity index (χ1n) is 12.6. The van der Waals surface area contributed by atoms with E-state index in [1.165, 1.54) is 6.07 Å². The van der Waals surface area contributed by atoms with Gasteiger partial charge in [0.15, 0.2) is 5.75 Å². The van der Waals surface area contributed by atoms with Crippen LogP contribution in [-0.2, 0) is 28.8 Å². The first kappa shape index (κ1) is 25.9. The summed E-state index contributed by atoms with van der Waals surface area (Å²) in [5, 5.41) is 4.51. The molecule has 0 radical (unpaired) electrons. The van der Waals surface area contributed by atoms with Gasteiger partial charge in [-0.1, -0.05) is 29.8 Å². The maximum absolute atomic E-state index is 13.4. The summed E-state index contributed by atoms with van der Waals surface area (Å²) in [7, 11) is 0. The van der Waals surface area contributed by atoms with E-state index in [2.05, 4.69) is 10.3 Å². The fraction of sp³-hybridized carbons (Fsp3) is 0.345. The summed E-state index contributed by atoms with van der Waals surface area (Å²) >= 11 is 6.53. The minimum absolute atomic E-state index is 0.0398. The van der Waals surface area contributed by atoms with Crippen LogP contribution in [-0.4, -0.2) is 28.7 Å². The Hall–Kier alpha value is -3.78. The summed E-state index contributed by atoms with van der Waals surface area (Å²) in [6.07, 6.45) is 4.55. The zero-order valence-electron chi connectivity index (χ0n) is 21.5. The Kier molecular flexibility index (Phi) is 6.92. The van der Waals surface area contributed by atoms with E-state index in [1.807, 2.05) is 24.3 Å². The van der Waals surface area contributed by atoms with Crippen molar-refractivity contribution in [3.63, 3.8) is 0 Å². The Morgan fingerprint density at radius 3 is 2.61 bits per heavy atom. The third-order valence-electron chi connectivity index (χ3n) is 6.56. The van der Waals surface area contributed by atoms with E-state index in [0.717, 1.165) is 46.7 Å². The monoisotopic (exact) mass is 536 g/mol. The van der Waals surface area contributed by atoms with E-state index in [4.69, 9.17) is 25.5 Å². The number of hydrogen-bond donors (Lipinski definition) is 2. The van der Waals surface area contributed by atoms with Gasteiger partial charge in [0.05, 0.1) is 5.02 Å². The summed E-state index contributed by atoms with van der Waals surface area (Å²) in [5.74, 6) is -0.694. The molecule has 4 aromatic rings. The summed E-state index contributed by atoms with van der Waals surface area (Å²) in [6.45, 7) is 5.21. The molecule has 2 aromatic heterocycles. The van der Waals surface area contributed by atoms with Crippen LogP contribution in [0.25, 0.3) is 21.9 Å². The Labute approximate surface area is 224 Å². The molecule has 0 bridgehead atoms. The van der Waals surface area contributed by atoms with E-state index < -0.39 is 23.7 Å². The molecular weight excluding hydrogens is 508 g/mol. The van der Waals surface area contributed by atoms with Crippen LogP contribution >= 0.6 is 11.6 Å². The van der Waals surface area contributed by atoms with Crippen LogP contribution < -0.4 is 15.7 Å². The van der Waals surface area contributed by atoms with Crippen molar-refractivity contribution < 1.29 is 23.5 Å². The molecule has 2 N–H and O–H groups in total. The molecule has 0 spiro atoms. The molecule has 198 valence electrons. The number of nitrogens with one attached hydrogen (secondary N) is 2. The van der Waals surface area contributed by atoms with Crippen LogP contribution in [0.4, 0.5) is 4.79 Å². The molecule has 1 aliphatic rings. The largest absolute Gasteiger partial charge is 0.444 e. The maximum Gasteiger partial charge on any atom is 0.408 e. The minimum atomic E-state index is -1.08. The van der Waals surface area contributed by atoms with Crippen LogP contribution in [0.2, 0.25) is 5.02 Å². The third kappa shape index (κ3) is 5.41. The van der Waals surface area contributed by atoms with Gasteiger partial charge in [-0.2, -0.15) is 0 Å². The number of ether oxygens (including phenoxy) is 2. The van der Waals surface area contributed by atoms with Crippen LogP contribution in [0.1, 0.15) is 50.3 Å². The number of alkyl carbamates (subject to hydrolysis) is 1. The van der Waals surface area contributed by atoms with Gasteiger partial charge in [-0.25, -0.2) is 14.4 Å². The summed E-state index contributed by atoms with van der Waals surface area (Å²) in [6, 6.07) is 9.71. The van der Waals surface area contributed by atoms with E-state index in [-0.39, 0.29) is 22.8 Å². The quantitative estimate of drug-likeness (QED) is 0.188. The molecular formula is C29H29ClN2O6. The van der Waals surface area contributed by atoms with Crippen molar-refractivity contribution in [2.75, 3.05) is 0 Å². The molecule has 1 amide bonds. The van der Waals surface area contributed by atoms with Crippen molar-refractivity contribution in [1.29, 1.82) is 0 Å². The third-order valence-corrected chi connectivity index (χ3v) is 6.86. The highest BCUT2D eigenvalue weighted by Gasteiger charge is 2.28. The summed E-state index contributed by atoms with van der Waals surface area (Å²) in [5.41, 5.74) is 2.52. The van der Waals surface area contributed by atoms with Gasteiger partial charge in [-0.3, -0.25) is 0 Å². The number of hydrogen-bond acceptors (Lipinski definition) is 6. The van der Waals surface area contributed by atoms with Crippen molar-refractivity contribution in [3.8, 4) is 5.75 Å². The molecule has 0 saturated carbocycles. The molecule has 9 heteroatoms. The van der Waals surface area contributed by atoms with Crippen LogP contribution in [0.5, 0.6) is 5.75 Å². The number of aromatic amines is 1. The second-order valence-electron chi connectivity index (χ2n) is 10.5. The van der Waals surface area contributed by atoms with Gasteiger partial charge in [-0.15, -0.1) is 0 Å². The van der Waals surface area contributed by atoms with Crippen molar-refractivity contribution in [2.45, 2.75) is 64.5 Å². The highest BCUT2D eigenvalue weighted by Crippen LogP contribution is 2.34. The lowest BCUT2D eigenvalue weighted by Crippen LogP contribution is -2.46. The van der Waals surface area contributed by atoms with Gasteiger partial charge in [-0.05, 0) is 69.7 Å². The molecule has 1 atom stereocenters. The fourth-order valence-corrected chi connectivity index (χ4v) is 5.07. The number of benzene rings is 2. The van der Waals surface area contributed by atoms with Crippen molar-refractivity contribution in [1.82, 2.24) is 10.3 Å². The van der Waals surface area contributed by atoms with Gasteiger partial charge in [0.2, 0.25) is 0 Å². The molecule has 5 rings (SSSR count). The maximum atomic E-state index is 13.4. The van der Waals surface area contributed by atoms with E-state index in [0.29, 0.717) is 17.6 Å². The number of carbonyl (C=O) groups is 2. The molecule has 8 nitrogen and oxygen atoms in total. The van der Waals surface area contributed by atoms with Gasteiger partial charge in [0.25, 0.3) is 0 Å². The molecule has 0 fully saturated rings. The summed E-state index contributed by atoms with van der Waals surface area (Å²) < 4.78 is 16.6. The number of halogens is 1. The van der Waals surface area contributed by atoms with Gasteiger partial charge in [0, 0.05) is 40.5 Å². The van der Waals surface area contributed by atoms with Crippen molar-refractivity contribution in [3.05, 3.63) is 74.7 Å². The molecule has 0 aliphatic heterocycles. The highest BCUT2D eigenvalue weighted by molar-refractivity contribution is 6.33. The molecule has 38 heavy (non-hydrogen) atoms. The first-order chi connectivity index (χ1) is 18.1. The fourth-order valence-electron chi connectivity index (χ4n) is 4.87. The van der Waals surface area contributed by atoms with Crippen LogP contribution in [0, 0.1) is 0 Å². The summed E-state index contributed by atoms with van der Waals surface area (Å²) in [4.78, 5) is 41.7. The predicted octanol–water partition coefficient (Wildman–Crippen LogP) is 5.85. The second kappa shape index (κ2) is 10.2. The van der Waals surface area contributed by atoms with Crippen molar-refractivity contribution in [2.24, 2.45) is 0 Å². The van der Waals surface area contributed by atoms with Gasteiger partial charge >= 0.3 is 17.7 Å². The average molecular weight is 537 g/mol. The minimum Gasteiger partial charge on any atom is -0.444 e. The average Bonchev–Trinajstić information content (AvgIpc) is 3.26. The second-order valence-corrected chi connectivity index (χ2v) is 10.9. The van der Waals surface area contributed by atoms with Gasteiger partial charge < -0.3 is 24.2 Å². The van der Waals surface area contributed by atoms with E-state index in [1.54, 1.807) is 33.0 Å². The Morgan fingerprint density at radius 2 is 1.84 bits per heavy atom. The molecule has 0 unspecified atom stereocenters.